The molecule has 34 heavy (non-hydrogen) atoms. The molecule has 0 heterocycles. The molecule has 1 nitrogen and oxygen atoms in total. The maximum absolute atomic E-state index is 6.71. The second-order valence-corrected chi connectivity index (χ2v) is 19.3. The summed E-state index contributed by atoms with van der Waals surface area (Å²) < 4.78 is 6.71. The topological polar surface area (TPSA) is 9.23 Å². The average Bonchev–Trinajstić information content (AvgIpc) is 3.10. The highest BCUT2D eigenvalue weighted by atomic mass is 28.4. The third-order valence-corrected chi connectivity index (χ3v) is 12.6. The average molecular weight is 485 g/mol. The van der Waals surface area contributed by atoms with Gasteiger partial charge in [-0.05, 0) is 130 Å². The second kappa shape index (κ2) is 9.51. The molecule has 0 aromatic heterocycles. The number of allylic oxidation sites excluding steroid dienone is 3. The summed E-state index contributed by atoms with van der Waals surface area (Å²) in [7, 11) is -1.49. The molecule has 0 aromatic carbocycles. The van der Waals surface area contributed by atoms with Gasteiger partial charge in [-0.1, -0.05) is 65.3 Å². The van der Waals surface area contributed by atoms with Crippen LogP contribution in [-0.4, -0.2) is 14.4 Å². The minimum Gasteiger partial charge on any atom is -0.414 e. The van der Waals surface area contributed by atoms with Crippen LogP contribution in [0.15, 0.2) is 23.8 Å². The molecular weight excluding hydrogens is 428 g/mol. The summed E-state index contributed by atoms with van der Waals surface area (Å²) in [5, 5.41) is 0. The molecule has 4 aliphatic rings. The number of rotatable bonds is 7. The van der Waals surface area contributed by atoms with E-state index in [1.54, 1.807) is 0 Å². The predicted octanol–water partition coefficient (Wildman–Crippen LogP) is 9.66. The molecule has 0 amide bonds. The van der Waals surface area contributed by atoms with E-state index in [1.807, 2.05) is 5.57 Å². The van der Waals surface area contributed by atoms with Gasteiger partial charge in [0.2, 0.25) is 0 Å². The van der Waals surface area contributed by atoms with Crippen LogP contribution in [-0.2, 0) is 4.43 Å². The highest BCUT2D eigenvalue weighted by Crippen LogP contribution is 2.67. The van der Waals surface area contributed by atoms with E-state index in [9.17, 15) is 0 Å². The van der Waals surface area contributed by atoms with E-state index >= 15 is 0 Å². The lowest BCUT2D eigenvalue weighted by molar-refractivity contribution is -0.0718. The third kappa shape index (κ3) is 4.69. The fourth-order valence-corrected chi connectivity index (χ4v) is 10.7. The van der Waals surface area contributed by atoms with Crippen LogP contribution in [0.4, 0.5) is 0 Å². The summed E-state index contributed by atoms with van der Waals surface area (Å²) in [6.45, 7) is 26.5. The first-order chi connectivity index (χ1) is 15.8. The fourth-order valence-electron chi connectivity index (χ4n) is 9.43. The maximum atomic E-state index is 6.71. The quantitative estimate of drug-likeness (QED) is 0.258. The van der Waals surface area contributed by atoms with E-state index in [0.29, 0.717) is 28.8 Å². The van der Waals surface area contributed by atoms with Gasteiger partial charge in [0.15, 0.2) is 8.32 Å². The molecule has 4 aliphatic carbocycles. The van der Waals surface area contributed by atoms with Gasteiger partial charge in [0.05, 0.1) is 0 Å². The van der Waals surface area contributed by atoms with E-state index in [4.69, 9.17) is 4.43 Å². The van der Waals surface area contributed by atoms with E-state index in [1.165, 1.54) is 63.4 Å². The van der Waals surface area contributed by atoms with Crippen molar-refractivity contribution in [3.63, 3.8) is 0 Å². The van der Waals surface area contributed by atoms with Gasteiger partial charge in [-0.15, -0.1) is 0 Å². The van der Waals surface area contributed by atoms with Crippen molar-refractivity contribution in [1.29, 1.82) is 0 Å². The van der Waals surface area contributed by atoms with Gasteiger partial charge in [0.25, 0.3) is 0 Å². The summed E-state index contributed by atoms with van der Waals surface area (Å²) >= 11 is 0. The normalized spacial score (nSPS) is 43.1. The van der Waals surface area contributed by atoms with Gasteiger partial charge in [-0.3, -0.25) is 0 Å². The van der Waals surface area contributed by atoms with Crippen LogP contribution in [0.2, 0.25) is 19.6 Å². The molecule has 4 rings (SSSR count). The monoisotopic (exact) mass is 484 g/mol. The van der Waals surface area contributed by atoms with E-state index in [-0.39, 0.29) is 0 Å². The molecule has 0 N–H and O–H groups in total. The highest BCUT2D eigenvalue weighted by Gasteiger charge is 2.59. The van der Waals surface area contributed by atoms with E-state index < -0.39 is 8.32 Å². The van der Waals surface area contributed by atoms with Gasteiger partial charge in [-0.2, -0.15) is 0 Å². The first-order valence-electron chi connectivity index (χ1n) is 14.8. The Balaban J connectivity index is 1.50. The lowest BCUT2D eigenvalue weighted by Gasteiger charge is -2.60. The van der Waals surface area contributed by atoms with Crippen LogP contribution < -0.4 is 0 Å². The first kappa shape index (κ1) is 26.7. The zero-order valence-corrected chi connectivity index (χ0v) is 25.2. The van der Waals surface area contributed by atoms with Crippen LogP contribution >= 0.6 is 0 Å². The maximum Gasteiger partial charge on any atom is 0.184 e. The molecule has 0 saturated heterocycles. The summed E-state index contributed by atoms with van der Waals surface area (Å²) in [5.41, 5.74) is 4.37. The van der Waals surface area contributed by atoms with Crippen molar-refractivity contribution in [3.05, 3.63) is 23.8 Å². The number of hydrogen-bond donors (Lipinski definition) is 0. The summed E-state index contributed by atoms with van der Waals surface area (Å²) in [6.07, 6.45) is 15.6. The summed E-state index contributed by atoms with van der Waals surface area (Å²) in [5.74, 6) is 5.52. The van der Waals surface area contributed by atoms with Gasteiger partial charge >= 0.3 is 0 Å². The second-order valence-electron chi connectivity index (χ2n) is 14.9. The zero-order chi connectivity index (χ0) is 25.1. The Bertz CT molecular complexity index is 789. The Kier molecular flexibility index (Phi) is 7.47. The standard InChI is InChI=1S/C32H56OSi/c1-21(2)22(3)11-12-23(4)26-15-16-28-25-13-14-27-24(5)30(33-34(8,9)10)18-20-32(27,7)29(25)17-19-31(26,28)6/h13,21,23-24,26-30H,3,11-12,14-20H2,1-2,4-10H3/t23-,24+,26-,27?,28+,29+,30+,31-,32+/m1/s1. The number of fused-ring (bicyclic) bond motifs is 5. The van der Waals surface area contributed by atoms with Crippen molar-refractivity contribution in [2.24, 2.45) is 52.3 Å². The smallest absolute Gasteiger partial charge is 0.184 e. The van der Waals surface area contributed by atoms with Crippen LogP contribution in [0.25, 0.3) is 0 Å². The zero-order valence-electron chi connectivity index (χ0n) is 24.2. The Morgan fingerprint density at radius 3 is 2.32 bits per heavy atom. The lowest BCUT2D eigenvalue weighted by Crippen LogP contribution is -2.54. The Labute approximate surface area is 213 Å². The molecule has 0 aliphatic heterocycles. The SMILES string of the molecule is C=C(CC[C@@H](C)[C@H]1CC[C@H]2C3=CCC4[C@H](C)[C@@H](O[Si](C)(C)C)CC[C@]4(C)[C@H]3CC[C@]12C)C(C)C. The van der Waals surface area contributed by atoms with Crippen LogP contribution in [0.3, 0.4) is 0 Å². The van der Waals surface area contributed by atoms with Crippen LogP contribution in [0.5, 0.6) is 0 Å². The summed E-state index contributed by atoms with van der Waals surface area (Å²) in [6, 6.07) is 0. The van der Waals surface area contributed by atoms with Crippen molar-refractivity contribution in [2.45, 2.75) is 125 Å². The third-order valence-electron chi connectivity index (χ3n) is 11.6. The largest absolute Gasteiger partial charge is 0.414 e. The molecule has 0 aromatic rings. The van der Waals surface area contributed by atoms with Gasteiger partial charge in [0.1, 0.15) is 0 Å². The lowest BCUT2D eigenvalue weighted by atomic mass is 9.46. The number of hydrogen-bond acceptors (Lipinski definition) is 1. The van der Waals surface area contributed by atoms with Crippen molar-refractivity contribution in [3.8, 4) is 0 Å². The Morgan fingerprint density at radius 2 is 1.68 bits per heavy atom. The van der Waals surface area contributed by atoms with Gasteiger partial charge in [0, 0.05) is 6.10 Å². The molecule has 9 atom stereocenters. The van der Waals surface area contributed by atoms with Gasteiger partial charge < -0.3 is 4.43 Å². The molecule has 3 fully saturated rings. The molecule has 3 saturated carbocycles. The van der Waals surface area contributed by atoms with E-state index in [2.05, 4.69) is 73.8 Å². The molecule has 0 radical (unpaired) electrons. The van der Waals surface area contributed by atoms with Crippen molar-refractivity contribution in [1.82, 2.24) is 0 Å². The predicted molar refractivity (Wildman–Crippen MR) is 150 cm³/mol. The van der Waals surface area contributed by atoms with E-state index in [0.717, 1.165) is 29.6 Å². The molecule has 0 spiro atoms. The minimum absolute atomic E-state index is 0.489. The van der Waals surface area contributed by atoms with Crippen molar-refractivity contribution in [2.75, 3.05) is 0 Å². The Morgan fingerprint density at radius 1 is 1.03 bits per heavy atom. The summed E-state index contributed by atoms with van der Waals surface area (Å²) in [4.78, 5) is 0. The van der Waals surface area contributed by atoms with Crippen molar-refractivity contribution >= 4 is 8.32 Å². The van der Waals surface area contributed by atoms with Crippen LogP contribution in [0, 0.1) is 52.3 Å². The fraction of sp³-hybridized carbons (Fsp3) is 0.875. The molecule has 1 unspecified atom stereocenters. The first-order valence-corrected chi connectivity index (χ1v) is 18.2. The minimum atomic E-state index is -1.49. The molecule has 194 valence electrons. The van der Waals surface area contributed by atoms with Gasteiger partial charge in [-0.25, -0.2) is 0 Å². The highest BCUT2D eigenvalue weighted by molar-refractivity contribution is 6.69. The Hall–Kier alpha value is -0.343. The molecule has 0 bridgehead atoms. The van der Waals surface area contributed by atoms with Crippen LogP contribution in [0.1, 0.15) is 99.3 Å². The van der Waals surface area contributed by atoms with Crippen molar-refractivity contribution < 1.29 is 4.43 Å². The molecule has 2 heteroatoms. The molecular formula is C32H56OSi.